The van der Waals surface area contributed by atoms with E-state index in [0.29, 0.717) is 23.5 Å². The van der Waals surface area contributed by atoms with Crippen LogP contribution in [0.25, 0.3) is 0 Å². The average molecular weight is 540 g/mol. The summed E-state index contributed by atoms with van der Waals surface area (Å²) in [5.41, 5.74) is 1.73. The molecule has 0 fully saturated rings. The van der Waals surface area contributed by atoms with Crippen molar-refractivity contribution >= 4 is 23.6 Å². The Kier molecular flexibility index (Phi) is 12.3. The molecule has 0 bridgehead atoms. The van der Waals surface area contributed by atoms with Crippen LogP contribution in [0.2, 0.25) is 0 Å². The third kappa shape index (κ3) is 10.3. The second kappa shape index (κ2) is 15.1. The normalized spacial score (nSPS) is 12.7. The summed E-state index contributed by atoms with van der Waals surface area (Å²) in [6.07, 6.45) is 3.92. The van der Waals surface area contributed by atoms with Crippen LogP contribution in [0.3, 0.4) is 0 Å². The molecule has 2 unspecified atom stereocenters. The standard InChI is InChI=1S/C31H45N3O5/c1-8-10-11-12-21-34(29(36)22(3)32-30(37)39-31(4,5)6)27(24-15-13-23(9-2)14-16-24)28(35)33-25-17-19-26(38-7)20-18-25/h13-20,22,27H,8-12,21H2,1-7H3,(H,32,37)(H,33,35). The molecule has 3 amide bonds. The minimum Gasteiger partial charge on any atom is -0.497 e. The van der Waals surface area contributed by atoms with Crippen LogP contribution in [0.1, 0.15) is 84.4 Å². The van der Waals surface area contributed by atoms with Crippen molar-refractivity contribution in [3.8, 4) is 5.75 Å². The second-order valence-corrected chi connectivity index (χ2v) is 10.7. The third-order valence-electron chi connectivity index (χ3n) is 6.26. The van der Waals surface area contributed by atoms with Gasteiger partial charge in [-0.25, -0.2) is 4.79 Å². The predicted molar refractivity (Wildman–Crippen MR) is 155 cm³/mol. The number of hydrogen-bond acceptors (Lipinski definition) is 5. The molecule has 0 heterocycles. The van der Waals surface area contributed by atoms with Gasteiger partial charge in [-0.15, -0.1) is 0 Å². The van der Waals surface area contributed by atoms with Crippen molar-refractivity contribution in [3.05, 3.63) is 59.7 Å². The number of aryl methyl sites for hydroxylation is 1. The van der Waals surface area contributed by atoms with Crippen LogP contribution in [0.4, 0.5) is 10.5 Å². The van der Waals surface area contributed by atoms with Gasteiger partial charge in [0.2, 0.25) is 5.91 Å². The van der Waals surface area contributed by atoms with E-state index in [1.807, 2.05) is 24.3 Å². The van der Waals surface area contributed by atoms with Gasteiger partial charge < -0.3 is 25.0 Å². The number of rotatable bonds is 13. The number of nitrogens with zero attached hydrogens (tertiary/aromatic N) is 1. The molecule has 2 aromatic rings. The zero-order chi connectivity index (χ0) is 29.0. The number of anilines is 1. The van der Waals surface area contributed by atoms with E-state index in [4.69, 9.17) is 9.47 Å². The van der Waals surface area contributed by atoms with E-state index < -0.39 is 23.8 Å². The predicted octanol–water partition coefficient (Wildman–Crippen LogP) is 6.26. The molecule has 0 saturated heterocycles. The molecule has 0 saturated carbocycles. The van der Waals surface area contributed by atoms with Crippen molar-refractivity contribution in [2.24, 2.45) is 0 Å². The zero-order valence-corrected chi connectivity index (χ0v) is 24.5. The van der Waals surface area contributed by atoms with Gasteiger partial charge in [-0.3, -0.25) is 9.59 Å². The molecule has 2 rings (SSSR count). The summed E-state index contributed by atoms with van der Waals surface area (Å²) in [4.78, 5) is 41.7. The number of ether oxygens (including phenoxy) is 2. The number of hydrogen-bond donors (Lipinski definition) is 2. The molecule has 0 aromatic heterocycles. The van der Waals surface area contributed by atoms with E-state index >= 15 is 0 Å². The fourth-order valence-electron chi connectivity index (χ4n) is 4.16. The van der Waals surface area contributed by atoms with Crippen LogP contribution in [0.5, 0.6) is 5.75 Å². The molecule has 2 atom stereocenters. The lowest BCUT2D eigenvalue weighted by Gasteiger charge is -2.34. The van der Waals surface area contributed by atoms with E-state index in [1.54, 1.807) is 64.0 Å². The molecule has 214 valence electrons. The molecular formula is C31H45N3O5. The van der Waals surface area contributed by atoms with Crippen LogP contribution in [0.15, 0.2) is 48.5 Å². The lowest BCUT2D eigenvalue weighted by molar-refractivity contribution is -0.140. The number of nitrogens with one attached hydrogen (secondary N) is 2. The molecule has 8 nitrogen and oxygen atoms in total. The highest BCUT2D eigenvalue weighted by Crippen LogP contribution is 2.26. The maximum absolute atomic E-state index is 13.8. The van der Waals surface area contributed by atoms with Crippen molar-refractivity contribution in [1.29, 1.82) is 0 Å². The van der Waals surface area contributed by atoms with Crippen molar-refractivity contribution in [3.63, 3.8) is 0 Å². The number of carbonyl (C=O) groups is 3. The Morgan fingerprint density at radius 3 is 2.10 bits per heavy atom. The van der Waals surface area contributed by atoms with Crippen molar-refractivity contribution < 1.29 is 23.9 Å². The van der Waals surface area contributed by atoms with E-state index in [1.165, 1.54) is 0 Å². The fourth-order valence-corrected chi connectivity index (χ4v) is 4.16. The maximum Gasteiger partial charge on any atom is 0.408 e. The highest BCUT2D eigenvalue weighted by atomic mass is 16.6. The number of alkyl carbamates (subject to hydrolysis) is 1. The van der Waals surface area contributed by atoms with Crippen molar-refractivity contribution in [1.82, 2.24) is 10.2 Å². The molecular weight excluding hydrogens is 494 g/mol. The lowest BCUT2D eigenvalue weighted by atomic mass is 10.00. The van der Waals surface area contributed by atoms with Gasteiger partial charge in [0.25, 0.3) is 5.91 Å². The molecule has 2 N–H and O–H groups in total. The van der Waals surface area contributed by atoms with Crippen molar-refractivity contribution in [2.45, 2.75) is 91.3 Å². The quantitative estimate of drug-likeness (QED) is 0.293. The Morgan fingerprint density at radius 2 is 1.56 bits per heavy atom. The molecule has 0 aliphatic rings. The van der Waals surface area contributed by atoms with Gasteiger partial charge >= 0.3 is 6.09 Å². The first kappa shape index (κ1) is 31.7. The van der Waals surface area contributed by atoms with Gasteiger partial charge in [0.05, 0.1) is 7.11 Å². The van der Waals surface area contributed by atoms with E-state index in [0.717, 1.165) is 37.7 Å². The summed E-state index contributed by atoms with van der Waals surface area (Å²) in [5, 5.41) is 5.61. The van der Waals surface area contributed by atoms with Crippen LogP contribution in [-0.2, 0) is 20.7 Å². The summed E-state index contributed by atoms with van der Waals surface area (Å²) < 4.78 is 10.6. The van der Waals surface area contributed by atoms with Crippen LogP contribution >= 0.6 is 0 Å². The van der Waals surface area contributed by atoms with Crippen molar-refractivity contribution in [2.75, 3.05) is 19.0 Å². The largest absolute Gasteiger partial charge is 0.497 e. The monoisotopic (exact) mass is 539 g/mol. The number of benzene rings is 2. The Morgan fingerprint density at radius 1 is 0.923 bits per heavy atom. The summed E-state index contributed by atoms with van der Waals surface area (Å²) in [7, 11) is 1.58. The van der Waals surface area contributed by atoms with Gasteiger partial charge in [0.1, 0.15) is 23.4 Å². The first-order chi connectivity index (χ1) is 18.5. The summed E-state index contributed by atoms with van der Waals surface area (Å²) in [5.74, 6) is -0.0148. The van der Waals surface area contributed by atoms with Crippen LogP contribution in [-0.4, -0.2) is 48.1 Å². The van der Waals surface area contributed by atoms with E-state index in [9.17, 15) is 14.4 Å². The van der Waals surface area contributed by atoms with E-state index in [-0.39, 0.29) is 11.8 Å². The number of carbonyl (C=O) groups excluding carboxylic acids is 3. The average Bonchev–Trinajstić information content (AvgIpc) is 2.89. The summed E-state index contributed by atoms with van der Waals surface area (Å²) in [6.45, 7) is 11.5. The van der Waals surface area contributed by atoms with Gasteiger partial charge in [0.15, 0.2) is 0 Å². The van der Waals surface area contributed by atoms with E-state index in [2.05, 4.69) is 24.5 Å². The topological polar surface area (TPSA) is 97.0 Å². The number of amides is 3. The Labute approximate surface area is 233 Å². The first-order valence-corrected chi connectivity index (χ1v) is 13.8. The Balaban J connectivity index is 2.42. The smallest absolute Gasteiger partial charge is 0.408 e. The fraction of sp³-hybridized carbons (Fsp3) is 0.516. The second-order valence-electron chi connectivity index (χ2n) is 10.7. The van der Waals surface area contributed by atoms with Gasteiger partial charge in [0, 0.05) is 12.2 Å². The number of methoxy groups -OCH3 is 1. The summed E-state index contributed by atoms with van der Waals surface area (Å²) >= 11 is 0. The molecule has 0 spiro atoms. The lowest BCUT2D eigenvalue weighted by Crippen LogP contribution is -2.51. The first-order valence-electron chi connectivity index (χ1n) is 13.8. The minimum absolute atomic E-state index is 0.335. The summed E-state index contributed by atoms with van der Waals surface area (Å²) in [6, 6.07) is 13.0. The molecule has 0 aliphatic heterocycles. The third-order valence-corrected chi connectivity index (χ3v) is 6.26. The highest BCUT2D eigenvalue weighted by Gasteiger charge is 2.34. The molecule has 0 radical (unpaired) electrons. The molecule has 8 heteroatoms. The zero-order valence-electron chi connectivity index (χ0n) is 24.5. The molecule has 2 aromatic carbocycles. The molecule has 0 aliphatic carbocycles. The van der Waals surface area contributed by atoms with Crippen LogP contribution in [0, 0.1) is 0 Å². The highest BCUT2D eigenvalue weighted by molar-refractivity contribution is 5.99. The minimum atomic E-state index is -0.893. The number of unbranched alkanes of at least 4 members (excludes halogenated alkanes) is 3. The Bertz CT molecular complexity index is 1060. The SMILES string of the molecule is CCCCCCN(C(=O)C(C)NC(=O)OC(C)(C)C)C(C(=O)Nc1ccc(OC)cc1)c1ccc(CC)cc1. The molecule has 39 heavy (non-hydrogen) atoms. The van der Waals surface area contributed by atoms with Gasteiger partial charge in [-0.1, -0.05) is 57.4 Å². The van der Waals surface area contributed by atoms with Crippen LogP contribution < -0.4 is 15.4 Å². The van der Waals surface area contributed by atoms with Gasteiger partial charge in [-0.05, 0) is 75.9 Å². The van der Waals surface area contributed by atoms with Gasteiger partial charge in [-0.2, -0.15) is 0 Å². The maximum atomic E-state index is 13.8. The Hall–Kier alpha value is -3.55.